The van der Waals surface area contributed by atoms with Crippen molar-refractivity contribution in [3.63, 3.8) is 0 Å². The zero-order valence-electron chi connectivity index (χ0n) is 13.2. The van der Waals surface area contributed by atoms with E-state index in [2.05, 4.69) is 5.32 Å². The van der Waals surface area contributed by atoms with E-state index in [1.165, 1.54) is 0 Å². The van der Waals surface area contributed by atoms with E-state index < -0.39 is 6.04 Å². The smallest absolute Gasteiger partial charge is 0.318 e. The number of hydrogen-bond donors (Lipinski definition) is 1. The number of carbonyl (C=O) groups excluding carboxylic acids is 2. The van der Waals surface area contributed by atoms with E-state index in [-0.39, 0.29) is 11.9 Å². The largest absolute Gasteiger partial charge is 0.338 e. The Bertz CT molecular complexity index is 577. The van der Waals surface area contributed by atoms with Crippen LogP contribution in [0.3, 0.4) is 0 Å². The predicted octanol–water partition coefficient (Wildman–Crippen LogP) is 2.81. The predicted molar refractivity (Wildman–Crippen MR) is 88.4 cm³/mol. The van der Waals surface area contributed by atoms with Crippen LogP contribution in [0.15, 0.2) is 18.2 Å². The minimum absolute atomic E-state index is 0.0854. The van der Waals surface area contributed by atoms with Crippen molar-refractivity contribution in [2.75, 3.05) is 24.5 Å². The number of carbonyl (C=O) groups is 2. The highest BCUT2D eigenvalue weighted by molar-refractivity contribution is 6.31. The van der Waals surface area contributed by atoms with E-state index >= 15 is 0 Å². The summed E-state index contributed by atoms with van der Waals surface area (Å²) in [6.45, 7) is 7.28. The van der Waals surface area contributed by atoms with Gasteiger partial charge in [-0.15, -0.1) is 0 Å². The summed E-state index contributed by atoms with van der Waals surface area (Å²) in [5.41, 5.74) is 1.75. The van der Waals surface area contributed by atoms with E-state index in [0.717, 1.165) is 17.7 Å². The lowest BCUT2D eigenvalue weighted by Gasteiger charge is -2.39. The summed E-state index contributed by atoms with van der Waals surface area (Å²) < 4.78 is 0. The molecule has 0 aromatic heterocycles. The Labute approximate surface area is 136 Å². The maximum atomic E-state index is 12.6. The van der Waals surface area contributed by atoms with Crippen molar-refractivity contribution >= 4 is 29.2 Å². The van der Waals surface area contributed by atoms with Gasteiger partial charge in [0.1, 0.15) is 6.04 Å². The molecule has 0 bridgehead atoms. The highest BCUT2D eigenvalue weighted by Crippen LogP contribution is 2.25. The molecule has 0 spiro atoms. The van der Waals surface area contributed by atoms with Gasteiger partial charge in [0.15, 0.2) is 0 Å². The third kappa shape index (κ3) is 3.35. The first kappa shape index (κ1) is 16.6. The molecule has 0 aliphatic carbocycles. The molecule has 1 atom stereocenters. The lowest BCUT2D eigenvalue weighted by molar-refractivity contribution is -0.124. The number of anilines is 1. The van der Waals surface area contributed by atoms with Crippen molar-refractivity contribution in [3.8, 4) is 0 Å². The number of nitrogens with zero attached hydrogens (tertiary/aromatic N) is 2. The highest BCUT2D eigenvalue weighted by atomic mass is 35.5. The lowest BCUT2D eigenvalue weighted by Crippen LogP contribution is -2.59. The van der Waals surface area contributed by atoms with Gasteiger partial charge in [-0.3, -0.25) is 4.79 Å². The van der Waals surface area contributed by atoms with Crippen molar-refractivity contribution < 1.29 is 9.59 Å². The Hall–Kier alpha value is -1.75. The second-order valence-electron chi connectivity index (χ2n) is 5.52. The molecule has 1 aromatic rings. The summed E-state index contributed by atoms with van der Waals surface area (Å²) in [6, 6.07) is 4.93. The third-order valence-electron chi connectivity index (χ3n) is 3.91. The first-order valence-corrected chi connectivity index (χ1v) is 7.95. The molecule has 1 aliphatic rings. The molecule has 1 aliphatic heterocycles. The Morgan fingerprint density at radius 1 is 1.41 bits per heavy atom. The third-order valence-corrected chi connectivity index (χ3v) is 4.32. The van der Waals surface area contributed by atoms with E-state index in [0.29, 0.717) is 24.7 Å². The molecule has 6 heteroatoms. The number of hydrogen-bond acceptors (Lipinski definition) is 2. The molecule has 1 aromatic carbocycles. The molecular formula is C16H22ClN3O2. The van der Waals surface area contributed by atoms with Gasteiger partial charge in [-0.1, -0.05) is 24.6 Å². The molecule has 22 heavy (non-hydrogen) atoms. The fourth-order valence-electron chi connectivity index (χ4n) is 2.49. The van der Waals surface area contributed by atoms with E-state index in [9.17, 15) is 9.59 Å². The molecule has 1 saturated heterocycles. The molecule has 1 heterocycles. The van der Waals surface area contributed by atoms with Crippen LogP contribution in [0.2, 0.25) is 5.02 Å². The first-order valence-electron chi connectivity index (χ1n) is 7.57. The molecule has 0 unspecified atom stereocenters. The van der Waals surface area contributed by atoms with Crippen molar-refractivity contribution in [2.24, 2.45) is 0 Å². The molecule has 1 N–H and O–H groups in total. The molecule has 2 rings (SSSR count). The summed E-state index contributed by atoms with van der Waals surface area (Å²) in [5, 5.41) is 3.46. The van der Waals surface area contributed by atoms with Gasteiger partial charge in [-0.25, -0.2) is 4.79 Å². The zero-order valence-corrected chi connectivity index (χ0v) is 14.0. The summed E-state index contributed by atoms with van der Waals surface area (Å²) in [6.07, 6.45) is 0.871. The van der Waals surface area contributed by atoms with Crippen LogP contribution in [0.25, 0.3) is 0 Å². The topological polar surface area (TPSA) is 52.7 Å². The second-order valence-corrected chi connectivity index (χ2v) is 5.93. The van der Waals surface area contributed by atoms with Crippen LogP contribution >= 0.6 is 11.6 Å². The number of halogens is 1. The van der Waals surface area contributed by atoms with Gasteiger partial charge in [0, 0.05) is 30.3 Å². The van der Waals surface area contributed by atoms with Gasteiger partial charge in [0.25, 0.3) is 0 Å². The molecule has 0 radical (unpaired) electrons. The van der Waals surface area contributed by atoms with Crippen molar-refractivity contribution in [2.45, 2.75) is 33.2 Å². The van der Waals surface area contributed by atoms with Gasteiger partial charge in [-0.2, -0.15) is 0 Å². The fourth-order valence-corrected chi connectivity index (χ4v) is 2.66. The average Bonchev–Trinajstić information content (AvgIpc) is 2.50. The Balaban J connectivity index is 2.12. The summed E-state index contributed by atoms with van der Waals surface area (Å²) >= 11 is 6.14. The van der Waals surface area contributed by atoms with Crippen LogP contribution in [0.1, 0.15) is 25.8 Å². The number of amides is 3. The summed E-state index contributed by atoms with van der Waals surface area (Å²) in [7, 11) is 0. The summed E-state index contributed by atoms with van der Waals surface area (Å²) in [4.78, 5) is 27.9. The number of benzene rings is 1. The maximum absolute atomic E-state index is 12.6. The number of piperazine rings is 1. The minimum Gasteiger partial charge on any atom is -0.338 e. The average molecular weight is 324 g/mol. The number of rotatable bonds is 3. The van der Waals surface area contributed by atoms with Crippen LogP contribution in [-0.2, 0) is 4.79 Å². The molecule has 3 amide bonds. The molecule has 120 valence electrons. The zero-order chi connectivity index (χ0) is 16.3. The molecule has 5 nitrogen and oxygen atoms in total. The van der Waals surface area contributed by atoms with Crippen LogP contribution in [0.5, 0.6) is 0 Å². The van der Waals surface area contributed by atoms with Crippen LogP contribution in [0.4, 0.5) is 10.5 Å². The first-order chi connectivity index (χ1) is 10.5. The van der Waals surface area contributed by atoms with Crippen LogP contribution in [-0.4, -0.2) is 42.5 Å². The number of aryl methyl sites for hydroxylation is 1. The van der Waals surface area contributed by atoms with Crippen LogP contribution < -0.4 is 10.2 Å². The fraction of sp³-hybridized carbons (Fsp3) is 0.500. The van der Waals surface area contributed by atoms with E-state index in [4.69, 9.17) is 11.6 Å². The van der Waals surface area contributed by atoms with Gasteiger partial charge in [0.2, 0.25) is 5.91 Å². The van der Waals surface area contributed by atoms with Gasteiger partial charge < -0.3 is 15.1 Å². The van der Waals surface area contributed by atoms with Gasteiger partial charge in [-0.05, 0) is 38.0 Å². The lowest BCUT2D eigenvalue weighted by atomic mass is 10.1. The highest BCUT2D eigenvalue weighted by Gasteiger charge is 2.34. The van der Waals surface area contributed by atoms with Gasteiger partial charge >= 0.3 is 6.03 Å². The van der Waals surface area contributed by atoms with E-state index in [1.54, 1.807) is 22.8 Å². The van der Waals surface area contributed by atoms with Crippen molar-refractivity contribution in [3.05, 3.63) is 28.8 Å². The Kier molecular flexibility index (Phi) is 5.29. The molecule has 1 fully saturated rings. The number of urea groups is 1. The number of nitrogens with one attached hydrogen (secondary N) is 1. The van der Waals surface area contributed by atoms with Crippen molar-refractivity contribution in [1.29, 1.82) is 0 Å². The van der Waals surface area contributed by atoms with E-state index in [1.807, 2.05) is 26.0 Å². The minimum atomic E-state index is -0.481. The Morgan fingerprint density at radius 2 is 2.14 bits per heavy atom. The van der Waals surface area contributed by atoms with Crippen molar-refractivity contribution in [1.82, 2.24) is 10.2 Å². The normalized spacial score (nSPS) is 18.5. The van der Waals surface area contributed by atoms with Crippen LogP contribution in [0, 0.1) is 6.92 Å². The second kappa shape index (κ2) is 7.01. The van der Waals surface area contributed by atoms with Gasteiger partial charge in [0.05, 0.1) is 0 Å². The Morgan fingerprint density at radius 3 is 2.77 bits per heavy atom. The molecule has 0 saturated carbocycles. The maximum Gasteiger partial charge on any atom is 0.318 e. The molecular weight excluding hydrogens is 302 g/mol. The standard InChI is InChI=1S/C16H22ClN3O2/c1-4-7-18-16(22)19-8-9-20(15(21)12(19)3)13-6-5-11(2)14(17)10-13/h5-6,10,12H,4,7-9H2,1-3H3,(H,18,22)/t12-/m0/s1. The SMILES string of the molecule is CCCNC(=O)N1CCN(c2ccc(C)c(Cl)c2)C(=O)[C@@H]1C. The summed E-state index contributed by atoms with van der Waals surface area (Å²) in [5.74, 6) is -0.0854. The monoisotopic (exact) mass is 323 g/mol. The quantitative estimate of drug-likeness (QED) is 0.930.